The highest BCUT2D eigenvalue weighted by molar-refractivity contribution is 5.97. The molecule has 3 heterocycles. The van der Waals surface area contributed by atoms with Crippen molar-refractivity contribution in [1.29, 1.82) is 0 Å². The van der Waals surface area contributed by atoms with Gasteiger partial charge in [-0.2, -0.15) is 0 Å². The number of pyridine rings is 1. The number of hydrogen-bond donors (Lipinski definition) is 1. The van der Waals surface area contributed by atoms with Crippen LogP contribution < -0.4 is 10.6 Å². The Morgan fingerprint density at radius 1 is 1.38 bits per heavy atom. The van der Waals surface area contributed by atoms with E-state index in [9.17, 15) is 9.59 Å². The van der Waals surface area contributed by atoms with Gasteiger partial charge < -0.3 is 15.5 Å². The minimum Gasteiger partial charge on any atom is -0.365 e. The highest BCUT2D eigenvalue weighted by Crippen LogP contribution is 2.34. The third-order valence-corrected chi connectivity index (χ3v) is 5.71. The van der Waals surface area contributed by atoms with E-state index in [1.54, 1.807) is 24.4 Å². The molecule has 2 fully saturated rings. The monoisotopic (exact) mass is 357 g/mol. The highest BCUT2D eigenvalue weighted by atomic mass is 16.2. The molecular formula is C19H27N5O2. The lowest BCUT2D eigenvalue weighted by Gasteiger charge is -2.49. The molecule has 1 spiro atoms. The van der Waals surface area contributed by atoms with E-state index in [0.29, 0.717) is 30.9 Å². The Morgan fingerprint density at radius 3 is 2.92 bits per heavy atom. The smallest absolute Gasteiger partial charge is 0.252 e. The highest BCUT2D eigenvalue weighted by Gasteiger charge is 2.42. The van der Waals surface area contributed by atoms with E-state index in [-0.39, 0.29) is 11.4 Å². The number of aromatic nitrogens is 1. The van der Waals surface area contributed by atoms with E-state index in [1.807, 2.05) is 4.90 Å². The number of carbonyl (C=O) groups excluding carboxylic acids is 2. The lowest BCUT2D eigenvalue weighted by atomic mass is 9.86. The summed E-state index contributed by atoms with van der Waals surface area (Å²) in [5.74, 6) is 0.364. The summed E-state index contributed by atoms with van der Waals surface area (Å²) >= 11 is 0. The molecule has 1 aromatic rings. The quantitative estimate of drug-likeness (QED) is 0.809. The number of rotatable bonds is 4. The van der Waals surface area contributed by atoms with Gasteiger partial charge in [0, 0.05) is 50.9 Å². The first-order valence-electron chi connectivity index (χ1n) is 9.06. The topological polar surface area (TPSA) is 82.8 Å². The Labute approximate surface area is 154 Å². The minimum atomic E-state index is -0.464. The molecule has 7 heteroatoms. The number of piperazine rings is 1. The van der Waals surface area contributed by atoms with Crippen molar-refractivity contribution < 1.29 is 9.59 Å². The number of primary amides is 1. The van der Waals surface area contributed by atoms with Gasteiger partial charge in [-0.3, -0.25) is 14.5 Å². The summed E-state index contributed by atoms with van der Waals surface area (Å²) in [6.45, 7) is 7.42. The van der Waals surface area contributed by atoms with E-state index < -0.39 is 5.91 Å². The van der Waals surface area contributed by atoms with Gasteiger partial charge in [0.05, 0.1) is 5.56 Å². The zero-order valence-electron chi connectivity index (χ0n) is 15.4. The lowest BCUT2D eigenvalue weighted by Crippen LogP contribution is -2.61. The summed E-state index contributed by atoms with van der Waals surface area (Å²) in [4.78, 5) is 35.0. The fraction of sp³-hybridized carbons (Fsp3) is 0.526. The molecule has 0 radical (unpaired) electrons. The first-order valence-corrected chi connectivity index (χ1v) is 9.06. The fourth-order valence-electron chi connectivity index (χ4n) is 4.06. The number of hydrogen-bond acceptors (Lipinski definition) is 5. The Morgan fingerprint density at radius 2 is 2.19 bits per heavy atom. The molecule has 0 aromatic carbocycles. The molecule has 140 valence electrons. The largest absolute Gasteiger partial charge is 0.365 e. The van der Waals surface area contributed by atoms with Crippen molar-refractivity contribution in [1.82, 2.24) is 14.8 Å². The van der Waals surface area contributed by atoms with Crippen molar-refractivity contribution >= 4 is 17.6 Å². The van der Waals surface area contributed by atoms with Crippen LogP contribution in [0.5, 0.6) is 0 Å². The van der Waals surface area contributed by atoms with Crippen LogP contribution in [0.15, 0.2) is 31.0 Å². The summed E-state index contributed by atoms with van der Waals surface area (Å²) in [7, 11) is 2.12. The van der Waals surface area contributed by atoms with Gasteiger partial charge in [-0.15, -0.1) is 6.58 Å². The molecule has 2 saturated heterocycles. The molecule has 0 saturated carbocycles. The Hall–Kier alpha value is -2.41. The molecule has 1 aromatic heterocycles. The molecule has 2 N–H and O–H groups in total. The average molecular weight is 357 g/mol. The summed E-state index contributed by atoms with van der Waals surface area (Å²) in [5, 5.41) is 0. The molecule has 2 aliphatic rings. The third kappa shape index (κ3) is 3.44. The molecule has 2 amide bonds. The number of nitrogens with zero attached hydrogens (tertiary/aromatic N) is 4. The van der Waals surface area contributed by atoms with Crippen LogP contribution >= 0.6 is 0 Å². The number of carbonyl (C=O) groups is 2. The van der Waals surface area contributed by atoms with E-state index in [2.05, 4.69) is 28.4 Å². The minimum absolute atomic E-state index is 0.115. The summed E-state index contributed by atoms with van der Waals surface area (Å²) in [6, 6.07) is 3.45. The Balaban J connectivity index is 1.86. The van der Waals surface area contributed by atoms with Crippen LogP contribution in [0.25, 0.3) is 0 Å². The van der Waals surface area contributed by atoms with Gasteiger partial charge >= 0.3 is 0 Å². The van der Waals surface area contributed by atoms with Crippen molar-refractivity contribution in [2.45, 2.75) is 24.8 Å². The van der Waals surface area contributed by atoms with E-state index >= 15 is 0 Å². The predicted molar refractivity (Wildman–Crippen MR) is 101 cm³/mol. The first kappa shape index (κ1) is 18.4. The van der Waals surface area contributed by atoms with Crippen LogP contribution in [0.1, 0.15) is 29.6 Å². The van der Waals surface area contributed by atoms with Gasteiger partial charge in [0.15, 0.2) is 0 Å². The second-order valence-corrected chi connectivity index (χ2v) is 7.18. The molecule has 26 heavy (non-hydrogen) atoms. The molecule has 2 aliphatic heterocycles. The zero-order chi connectivity index (χ0) is 18.7. The van der Waals surface area contributed by atoms with Crippen molar-refractivity contribution in [2.75, 3.05) is 44.7 Å². The van der Waals surface area contributed by atoms with Crippen LogP contribution in [0.4, 0.5) is 5.82 Å². The third-order valence-electron chi connectivity index (χ3n) is 5.71. The van der Waals surface area contributed by atoms with Crippen molar-refractivity contribution in [2.24, 2.45) is 5.73 Å². The first-order chi connectivity index (χ1) is 12.5. The van der Waals surface area contributed by atoms with Gasteiger partial charge in [0.2, 0.25) is 5.91 Å². The van der Waals surface area contributed by atoms with E-state index in [0.717, 1.165) is 32.5 Å². The number of amides is 2. The lowest BCUT2D eigenvalue weighted by molar-refractivity contribution is -0.130. The number of nitrogens with two attached hydrogens (primary N) is 1. The molecule has 0 bridgehead atoms. The van der Waals surface area contributed by atoms with Gasteiger partial charge in [-0.1, -0.05) is 6.08 Å². The molecule has 0 unspecified atom stereocenters. The molecular weight excluding hydrogens is 330 g/mol. The van der Waals surface area contributed by atoms with Crippen LogP contribution in [0.3, 0.4) is 0 Å². The predicted octanol–water partition coefficient (Wildman–Crippen LogP) is 0.870. The second kappa shape index (κ2) is 7.45. The van der Waals surface area contributed by atoms with Gasteiger partial charge in [-0.05, 0) is 32.0 Å². The van der Waals surface area contributed by atoms with Crippen LogP contribution in [-0.4, -0.2) is 71.9 Å². The number of anilines is 1. The maximum atomic E-state index is 12.4. The SMILES string of the molecule is C=CCN1CC[C@@]2(CCC1=O)CN(c1ncccc1C(N)=O)CCN2C. The van der Waals surface area contributed by atoms with Crippen LogP contribution in [0.2, 0.25) is 0 Å². The maximum Gasteiger partial charge on any atom is 0.252 e. The van der Waals surface area contributed by atoms with Gasteiger partial charge in [0.1, 0.15) is 5.82 Å². The molecule has 7 nitrogen and oxygen atoms in total. The van der Waals surface area contributed by atoms with Crippen molar-refractivity contribution in [3.05, 3.63) is 36.5 Å². The van der Waals surface area contributed by atoms with Gasteiger partial charge in [-0.25, -0.2) is 4.98 Å². The second-order valence-electron chi connectivity index (χ2n) is 7.18. The number of likely N-dealkylation sites (N-methyl/N-ethyl adjacent to an activating group) is 1. The normalized spacial score (nSPS) is 24.6. The standard InChI is InChI=1S/C19H27N5O2/c1-3-10-23-11-8-19(7-6-16(23)25)14-24(13-12-22(19)2)18-15(17(20)26)5-4-9-21-18/h3-5,9H,1,6-8,10-14H2,2H3,(H2,20,26)/t19-/m0/s1. The van der Waals surface area contributed by atoms with Gasteiger partial charge in [0.25, 0.3) is 5.91 Å². The molecule has 0 aliphatic carbocycles. The van der Waals surface area contributed by atoms with Crippen LogP contribution in [0, 0.1) is 0 Å². The zero-order valence-corrected chi connectivity index (χ0v) is 15.4. The summed E-state index contributed by atoms with van der Waals surface area (Å²) < 4.78 is 0. The summed E-state index contributed by atoms with van der Waals surface area (Å²) in [5.41, 5.74) is 5.87. The summed E-state index contributed by atoms with van der Waals surface area (Å²) in [6.07, 6.45) is 5.68. The molecule has 1 atom stereocenters. The van der Waals surface area contributed by atoms with Crippen LogP contribution in [-0.2, 0) is 4.79 Å². The Kier molecular flexibility index (Phi) is 5.27. The van der Waals surface area contributed by atoms with E-state index in [1.165, 1.54) is 0 Å². The number of likely N-dealkylation sites (tertiary alicyclic amines) is 1. The average Bonchev–Trinajstić information content (AvgIpc) is 2.79. The fourth-order valence-corrected chi connectivity index (χ4v) is 4.06. The Bertz CT molecular complexity index is 707. The van der Waals surface area contributed by atoms with E-state index in [4.69, 9.17) is 5.73 Å². The van der Waals surface area contributed by atoms with Crippen molar-refractivity contribution in [3.8, 4) is 0 Å². The maximum absolute atomic E-state index is 12.4. The molecule has 3 rings (SSSR count). The van der Waals surface area contributed by atoms with Crippen molar-refractivity contribution in [3.63, 3.8) is 0 Å².